The number of sulfonamides is 1. The van der Waals surface area contributed by atoms with Crippen molar-refractivity contribution < 1.29 is 30.7 Å². The van der Waals surface area contributed by atoms with Crippen LogP contribution in [0.1, 0.15) is 5.56 Å². The summed E-state index contributed by atoms with van der Waals surface area (Å²) in [5, 5.41) is 0. The van der Waals surface area contributed by atoms with Crippen LogP contribution in [0.5, 0.6) is 11.6 Å². The van der Waals surface area contributed by atoms with E-state index in [1.165, 1.54) is 36.5 Å². The number of hydrogen-bond acceptors (Lipinski definition) is 4. The summed E-state index contributed by atoms with van der Waals surface area (Å²) >= 11 is 0. The average Bonchev–Trinajstić information content (AvgIpc) is 2.65. The Kier molecular flexibility index (Phi) is 5.61. The van der Waals surface area contributed by atoms with Gasteiger partial charge in [0.25, 0.3) is 0 Å². The van der Waals surface area contributed by atoms with Gasteiger partial charge in [-0.05, 0) is 30.3 Å². The molecule has 0 unspecified atom stereocenters. The Bertz CT molecular complexity index is 1120. The molecule has 0 spiro atoms. The quantitative estimate of drug-likeness (QED) is 0.493. The molecule has 1 heterocycles. The SMILES string of the molecule is O=S(=O)(NCc1cccnc1Oc1cccc(F)c1)c1ccc(F)c(F)c1F. The molecule has 1 aromatic heterocycles. The van der Waals surface area contributed by atoms with Crippen molar-refractivity contribution in [3.05, 3.63) is 83.6 Å². The molecule has 2 aromatic carbocycles. The molecule has 1 N–H and O–H groups in total. The third-order valence-corrected chi connectivity index (χ3v) is 5.02. The van der Waals surface area contributed by atoms with Crippen LogP contribution in [0.3, 0.4) is 0 Å². The van der Waals surface area contributed by atoms with Crippen molar-refractivity contribution in [1.29, 1.82) is 0 Å². The van der Waals surface area contributed by atoms with Gasteiger partial charge in [-0.3, -0.25) is 0 Å². The Morgan fingerprint density at radius 1 is 0.964 bits per heavy atom. The Balaban J connectivity index is 1.82. The Morgan fingerprint density at radius 2 is 1.75 bits per heavy atom. The Morgan fingerprint density at radius 3 is 2.50 bits per heavy atom. The summed E-state index contributed by atoms with van der Waals surface area (Å²) in [7, 11) is -4.50. The Hall–Kier alpha value is -2.98. The minimum Gasteiger partial charge on any atom is -0.439 e. The van der Waals surface area contributed by atoms with E-state index in [0.717, 1.165) is 6.07 Å². The van der Waals surface area contributed by atoms with E-state index < -0.39 is 38.2 Å². The van der Waals surface area contributed by atoms with E-state index in [0.29, 0.717) is 12.1 Å². The third-order valence-electron chi connectivity index (χ3n) is 3.60. The van der Waals surface area contributed by atoms with E-state index in [4.69, 9.17) is 4.74 Å². The predicted molar refractivity (Wildman–Crippen MR) is 91.1 cm³/mol. The molecule has 0 amide bonds. The van der Waals surface area contributed by atoms with Crippen LogP contribution in [0.15, 0.2) is 59.6 Å². The summed E-state index contributed by atoms with van der Waals surface area (Å²) in [5.74, 6) is -5.63. The lowest BCUT2D eigenvalue weighted by atomic mass is 10.3. The van der Waals surface area contributed by atoms with Crippen LogP contribution in [0.2, 0.25) is 0 Å². The number of aromatic nitrogens is 1. The molecule has 0 fully saturated rings. The third kappa shape index (κ3) is 4.29. The molecule has 0 aliphatic rings. The summed E-state index contributed by atoms with van der Waals surface area (Å²) in [6, 6.07) is 9.32. The summed E-state index contributed by atoms with van der Waals surface area (Å²) in [5.41, 5.74) is 0.248. The first-order valence-corrected chi connectivity index (χ1v) is 9.27. The van der Waals surface area contributed by atoms with Crippen molar-refractivity contribution in [2.75, 3.05) is 0 Å². The van der Waals surface area contributed by atoms with Crippen LogP contribution in [0.25, 0.3) is 0 Å². The number of pyridine rings is 1. The van der Waals surface area contributed by atoms with Crippen LogP contribution in [0, 0.1) is 23.3 Å². The highest BCUT2D eigenvalue weighted by molar-refractivity contribution is 7.89. The summed E-state index contributed by atoms with van der Waals surface area (Å²) < 4.78 is 85.4. The van der Waals surface area contributed by atoms with Gasteiger partial charge in [0, 0.05) is 24.4 Å². The maximum Gasteiger partial charge on any atom is 0.243 e. The van der Waals surface area contributed by atoms with Crippen LogP contribution in [-0.4, -0.2) is 13.4 Å². The predicted octanol–water partition coefficient (Wildman–Crippen LogP) is 3.91. The molecule has 0 atom stereocenters. The number of hydrogen-bond donors (Lipinski definition) is 1. The number of benzene rings is 2. The standard InChI is InChI=1S/C18H12F4N2O3S/c19-12-4-1-5-13(9-12)27-18-11(3-2-8-23-18)10-24-28(25,26)15-7-6-14(20)16(21)17(15)22/h1-9,24H,10H2. The van der Waals surface area contributed by atoms with Crippen molar-refractivity contribution in [3.8, 4) is 11.6 Å². The minimum atomic E-state index is -4.50. The highest BCUT2D eigenvalue weighted by Gasteiger charge is 2.24. The van der Waals surface area contributed by atoms with Crippen molar-refractivity contribution in [2.45, 2.75) is 11.4 Å². The lowest BCUT2D eigenvalue weighted by molar-refractivity contribution is 0.431. The van der Waals surface area contributed by atoms with Gasteiger partial charge < -0.3 is 4.74 Å². The molecule has 0 aliphatic heterocycles. The molecule has 0 saturated heterocycles. The zero-order chi connectivity index (χ0) is 20.3. The molecule has 146 valence electrons. The van der Waals surface area contributed by atoms with Crippen LogP contribution >= 0.6 is 0 Å². The zero-order valence-electron chi connectivity index (χ0n) is 14.0. The van der Waals surface area contributed by atoms with Crippen molar-refractivity contribution in [3.63, 3.8) is 0 Å². The maximum absolute atomic E-state index is 13.8. The molecule has 3 aromatic rings. The number of rotatable bonds is 6. The first-order chi connectivity index (χ1) is 13.3. The highest BCUT2D eigenvalue weighted by atomic mass is 32.2. The molecule has 0 saturated carbocycles. The summed E-state index contributed by atoms with van der Waals surface area (Å²) in [6.45, 7) is -0.390. The second kappa shape index (κ2) is 7.95. The maximum atomic E-state index is 13.8. The second-order valence-electron chi connectivity index (χ2n) is 5.53. The van der Waals surface area contributed by atoms with Crippen LogP contribution in [0.4, 0.5) is 17.6 Å². The fraction of sp³-hybridized carbons (Fsp3) is 0.0556. The lowest BCUT2D eigenvalue weighted by Crippen LogP contribution is -2.25. The largest absolute Gasteiger partial charge is 0.439 e. The van der Waals surface area contributed by atoms with Crippen molar-refractivity contribution >= 4 is 10.0 Å². The number of halogens is 4. The zero-order valence-corrected chi connectivity index (χ0v) is 14.8. The topological polar surface area (TPSA) is 68.3 Å². The second-order valence-corrected chi connectivity index (χ2v) is 7.26. The van der Waals surface area contributed by atoms with E-state index >= 15 is 0 Å². The van der Waals surface area contributed by atoms with E-state index in [-0.39, 0.29) is 23.7 Å². The Labute approximate surface area is 157 Å². The monoisotopic (exact) mass is 412 g/mol. The highest BCUT2D eigenvalue weighted by Crippen LogP contribution is 2.24. The van der Waals surface area contributed by atoms with E-state index in [1.54, 1.807) is 0 Å². The van der Waals surface area contributed by atoms with E-state index in [1.807, 2.05) is 0 Å². The normalized spacial score (nSPS) is 11.4. The fourth-order valence-electron chi connectivity index (χ4n) is 2.26. The van der Waals surface area contributed by atoms with Gasteiger partial charge in [0.05, 0.1) is 0 Å². The molecule has 0 aliphatic carbocycles. The molecule has 0 bridgehead atoms. The van der Waals surface area contributed by atoms with Gasteiger partial charge in [-0.15, -0.1) is 0 Å². The van der Waals surface area contributed by atoms with Crippen molar-refractivity contribution in [2.24, 2.45) is 0 Å². The molecule has 5 nitrogen and oxygen atoms in total. The van der Waals surface area contributed by atoms with Crippen molar-refractivity contribution in [1.82, 2.24) is 9.71 Å². The molecule has 28 heavy (non-hydrogen) atoms. The van der Waals surface area contributed by atoms with Gasteiger partial charge in [0.2, 0.25) is 15.9 Å². The van der Waals surface area contributed by atoms with Gasteiger partial charge in [0.1, 0.15) is 16.5 Å². The van der Waals surface area contributed by atoms with Crippen LogP contribution < -0.4 is 9.46 Å². The number of nitrogens with zero attached hydrogens (tertiary/aromatic N) is 1. The molecule has 0 radical (unpaired) electrons. The van der Waals surface area contributed by atoms with E-state index in [9.17, 15) is 26.0 Å². The van der Waals surface area contributed by atoms with Gasteiger partial charge in [0.15, 0.2) is 17.5 Å². The first-order valence-electron chi connectivity index (χ1n) is 7.78. The first kappa shape index (κ1) is 19.8. The molecular formula is C18H12F4N2O3S. The van der Waals surface area contributed by atoms with Gasteiger partial charge >= 0.3 is 0 Å². The van der Waals surface area contributed by atoms with Gasteiger partial charge in [-0.25, -0.2) is 35.7 Å². The molecule has 3 rings (SSSR count). The van der Waals surface area contributed by atoms with Gasteiger partial charge in [-0.1, -0.05) is 12.1 Å². The van der Waals surface area contributed by atoms with Gasteiger partial charge in [-0.2, -0.15) is 0 Å². The summed E-state index contributed by atoms with van der Waals surface area (Å²) in [6.07, 6.45) is 1.38. The minimum absolute atomic E-state index is 0.0124. The van der Waals surface area contributed by atoms with Crippen LogP contribution in [-0.2, 0) is 16.6 Å². The molecule has 10 heteroatoms. The fourth-order valence-corrected chi connectivity index (χ4v) is 3.33. The summed E-state index contributed by atoms with van der Waals surface area (Å²) in [4.78, 5) is 2.92. The smallest absolute Gasteiger partial charge is 0.243 e. The number of ether oxygens (including phenoxy) is 1. The average molecular weight is 412 g/mol. The number of nitrogens with one attached hydrogen (secondary N) is 1. The van der Waals surface area contributed by atoms with E-state index in [2.05, 4.69) is 9.71 Å². The molecular weight excluding hydrogens is 400 g/mol. The lowest BCUT2D eigenvalue weighted by Gasteiger charge is -2.12.